The topological polar surface area (TPSA) is 43.4 Å². The molecule has 0 saturated carbocycles. The van der Waals surface area contributed by atoms with Gasteiger partial charge in [-0.15, -0.1) is 0 Å². The molecule has 0 aliphatic carbocycles. The van der Waals surface area contributed by atoms with E-state index in [0.29, 0.717) is 17.3 Å². The van der Waals surface area contributed by atoms with Crippen molar-refractivity contribution in [1.82, 2.24) is 0 Å². The molecule has 1 aromatic carbocycles. The van der Waals surface area contributed by atoms with Gasteiger partial charge >= 0.3 is 0 Å². The van der Waals surface area contributed by atoms with Crippen molar-refractivity contribution in [2.75, 3.05) is 12.4 Å². The van der Waals surface area contributed by atoms with Crippen LogP contribution in [-0.2, 0) is 6.42 Å². The van der Waals surface area contributed by atoms with Gasteiger partial charge in [-0.1, -0.05) is 15.9 Å². The second kappa shape index (κ2) is 3.17. The Bertz CT molecular complexity index is 322. The SMILES string of the molecule is COc1c(CCBr)c(=O)c1=O. The van der Waals surface area contributed by atoms with Gasteiger partial charge in [-0.05, 0) is 6.42 Å². The molecule has 3 nitrogen and oxygen atoms in total. The second-order valence-electron chi connectivity index (χ2n) is 2.11. The summed E-state index contributed by atoms with van der Waals surface area (Å²) >= 11 is 3.18. The van der Waals surface area contributed by atoms with Gasteiger partial charge in [0, 0.05) is 5.33 Å². The standard InChI is InChI=1S/C7H7BrO3/c1-11-7-4(2-3-8)5(9)6(7)10/h2-3H2,1H3. The number of methoxy groups -OCH3 is 1. The van der Waals surface area contributed by atoms with E-state index in [1.54, 1.807) is 0 Å². The number of ether oxygens (including phenoxy) is 1. The van der Waals surface area contributed by atoms with Crippen molar-refractivity contribution in [2.24, 2.45) is 0 Å². The molecule has 0 N–H and O–H groups in total. The lowest BCUT2D eigenvalue weighted by molar-refractivity contribution is 0.399. The van der Waals surface area contributed by atoms with Gasteiger partial charge in [-0.25, -0.2) is 0 Å². The molecule has 0 aliphatic heterocycles. The van der Waals surface area contributed by atoms with Gasteiger partial charge in [-0.3, -0.25) is 9.59 Å². The van der Waals surface area contributed by atoms with E-state index >= 15 is 0 Å². The average Bonchev–Trinajstić information content (AvgIpc) is 2.04. The number of halogens is 1. The van der Waals surface area contributed by atoms with Crippen molar-refractivity contribution < 1.29 is 4.74 Å². The Morgan fingerprint density at radius 2 is 2.00 bits per heavy atom. The number of hydrogen-bond donors (Lipinski definition) is 0. The fraction of sp³-hybridized carbons (Fsp3) is 0.429. The number of alkyl halides is 1. The smallest absolute Gasteiger partial charge is 0.268 e. The molecule has 11 heavy (non-hydrogen) atoms. The van der Waals surface area contributed by atoms with Crippen molar-refractivity contribution >= 4 is 15.9 Å². The Hall–Kier alpha value is -0.640. The van der Waals surface area contributed by atoms with Crippen LogP contribution >= 0.6 is 15.9 Å². The van der Waals surface area contributed by atoms with E-state index in [2.05, 4.69) is 15.9 Å². The molecule has 0 heterocycles. The lowest BCUT2D eigenvalue weighted by Crippen LogP contribution is -2.36. The summed E-state index contributed by atoms with van der Waals surface area (Å²) in [5, 5.41) is 0.675. The predicted molar refractivity (Wildman–Crippen MR) is 45.4 cm³/mol. The fourth-order valence-corrected chi connectivity index (χ4v) is 1.35. The van der Waals surface area contributed by atoms with E-state index in [9.17, 15) is 9.59 Å². The Labute approximate surface area is 71.8 Å². The molecule has 0 saturated heterocycles. The van der Waals surface area contributed by atoms with Gasteiger partial charge in [0.1, 0.15) is 0 Å². The molecule has 0 aromatic heterocycles. The summed E-state index contributed by atoms with van der Waals surface area (Å²) < 4.78 is 4.72. The highest BCUT2D eigenvalue weighted by Crippen LogP contribution is 2.11. The van der Waals surface area contributed by atoms with Gasteiger partial charge in [0.25, 0.3) is 5.43 Å². The summed E-state index contributed by atoms with van der Waals surface area (Å²) in [6.45, 7) is 0. The molecule has 0 radical (unpaired) electrons. The Morgan fingerprint density at radius 1 is 1.36 bits per heavy atom. The fourth-order valence-electron chi connectivity index (χ4n) is 0.955. The molecule has 0 atom stereocenters. The highest BCUT2D eigenvalue weighted by atomic mass is 79.9. The summed E-state index contributed by atoms with van der Waals surface area (Å²) in [5.74, 6) is 0.231. The minimum atomic E-state index is -0.497. The van der Waals surface area contributed by atoms with Crippen LogP contribution in [0.3, 0.4) is 0 Å². The zero-order valence-electron chi connectivity index (χ0n) is 6.02. The van der Waals surface area contributed by atoms with Gasteiger partial charge in [0.2, 0.25) is 5.43 Å². The van der Waals surface area contributed by atoms with Crippen LogP contribution in [0.25, 0.3) is 0 Å². The normalized spacial score (nSPS) is 10.4. The first-order valence-electron chi connectivity index (χ1n) is 3.14. The first-order chi connectivity index (χ1) is 5.22. The molecule has 60 valence electrons. The van der Waals surface area contributed by atoms with Crippen LogP contribution in [0.4, 0.5) is 0 Å². The Balaban J connectivity index is 2.98. The Kier molecular flexibility index (Phi) is 2.44. The minimum absolute atomic E-state index is 0.231. The molecule has 1 rings (SSSR count). The first-order valence-corrected chi connectivity index (χ1v) is 4.26. The maximum atomic E-state index is 10.8. The first kappa shape index (κ1) is 8.46. The van der Waals surface area contributed by atoms with Crippen molar-refractivity contribution in [2.45, 2.75) is 6.42 Å². The zero-order valence-corrected chi connectivity index (χ0v) is 7.60. The van der Waals surface area contributed by atoms with E-state index < -0.39 is 10.9 Å². The molecule has 0 bridgehead atoms. The molecule has 1 aromatic rings. The van der Waals surface area contributed by atoms with E-state index in [4.69, 9.17) is 4.74 Å². The van der Waals surface area contributed by atoms with Crippen LogP contribution in [0.15, 0.2) is 9.59 Å². The minimum Gasteiger partial charge on any atom is -0.492 e. The van der Waals surface area contributed by atoms with E-state index in [-0.39, 0.29) is 5.75 Å². The van der Waals surface area contributed by atoms with E-state index in [1.165, 1.54) is 7.11 Å². The van der Waals surface area contributed by atoms with Gasteiger partial charge < -0.3 is 4.74 Å². The zero-order chi connectivity index (χ0) is 8.43. The van der Waals surface area contributed by atoms with Crippen molar-refractivity contribution in [3.63, 3.8) is 0 Å². The third kappa shape index (κ3) is 1.22. The molecule has 0 amide bonds. The van der Waals surface area contributed by atoms with Gasteiger partial charge in [0.15, 0.2) is 5.75 Å². The van der Waals surface area contributed by atoms with Gasteiger partial charge in [-0.2, -0.15) is 0 Å². The van der Waals surface area contributed by atoms with E-state index in [0.717, 1.165) is 0 Å². The van der Waals surface area contributed by atoms with Crippen molar-refractivity contribution in [1.29, 1.82) is 0 Å². The maximum absolute atomic E-state index is 10.8. The van der Waals surface area contributed by atoms with E-state index in [1.807, 2.05) is 0 Å². The lowest BCUT2D eigenvalue weighted by Gasteiger charge is -2.06. The summed E-state index contributed by atoms with van der Waals surface area (Å²) in [5.41, 5.74) is -0.390. The molecular formula is C7H7BrO3. The summed E-state index contributed by atoms with van der Waals surface area (Å²) in [4.78, 5) is 21.5. The van der Waals surface area contributed by atoms with Crippen molar-refractivity contribution in [3.05, 3.63) is 26.0 Å². The second-order valence-corrected chi connectivity index (χ2v) is 2.90. The predicted octanol–water partition coefficient (Wildman–Crippen LogP) is 0.229. The highest BCUT2D eigenvalue weighted by Gasteiger charge is 2.19. The third-order valence-electron chi connectivity index (χ3n) is 1.51. The molecule has 0 aliphatic rings. The Morgan fingerprint density at radius 3 is 2.45 bits per heavy atom. The highest BCUT2D eigenvalue weighted by molar-refractivity contribution is 9.09. The monoisotopic (exact) mass is 218 g/mol. The van der Waals surface area contributed by atoms with Crippen LogP contribution < -0.4 is 15.6 Å². The van der Waals surface area contributed by atoms with Crippen LogP contribution in [0.5, 0.6) is 5.75 Å². The number of rotatable bonds is 3. The van der Waals surface area contributed by atoms with Crippen LogP contribution in [0, 0.1) is 0 Å². The van der Waals surface area contributed by atoms with Crippen LogP contribution in [-0.4, -0.2) is 12.4 Å². The quantitative estimate of drug-likeness (QED) is 0.539. The maximum Gasteiger partial charge on any atom is 0.268 e. The summed E-state index contributed by atoms with van der Waals surface area (Å²) in [7, 11) is 1.40. The molecular weight excluding hydrogens is 212 g/mol. The average molecular weight is 219 g/mol. The lowest BCUT2D eigenvalue weighted by atomic mass is 10.1. The van der Waals surface area contributed by atoms with Gasteiger partial charge in [0.05, 0.1) is 12.7 Å². The largest absolute Gasteiger partial charge is 0.492 e. The van der Waals surface area contributed by atoms with Crippen LogP contribution in [0.1, 0.15) is 5.56 Å². The number of hydrogen-bond acceptors (Lipinski definition) is 3. The van der Waals surface area contributed by atoms with Crippen molar-refractivity contribution in [3.8, 4) is 5.75 Å². The summed E-state index contributed by atoms with van der Waals surface area (Å²) in [6.07, 6.45) is 0.563. The van der Waals surface area contributed by atoms with Crippen LogP contribution in [0.2, 0.25) is 0 Å². The molecule has 4 heteroatoms. The third-order valence-corrected chi connectivity index (χ3v) is 1.91. The molecule has 0 spiro atoms. The molecule has 0 unspecified atom stereocenters. The summed E-state index contributed by atoms with van der Waals surface area (Å²) in [6, 6.07) is 0. The molecule has 0 fully saturated rings.